The van der Waals surface area contributed by atoms with E-state index in [0.29, 0.717) is 5.95 Å². The lowest BCUT2D eigenvalue weighted by molar-refractivity contribution is 0.903. The number of nitrogen functional groups attached to an aromatic ring is 1. The third-order valence-electron chi connectivity index (χ3n) is 3.19. The molecule has 0 aliphatic carbocycles. The molecule has 4 nitrogen and oxygen atoms in total. The van der Waals surface area contributed by atoms with Gasteiger partial charge in [-0.25, -0.2) is 9.97 Å². The van der Waals surface area contributed by atoms with Gasteiger partial charge in [-0.05, 0) is 30.2 Å². The predicted octanol–water partition coefficient (Wildman–Crippen LogP) is 2.96. The van der Waals surface area contributed by atoms with Gasteiger partial charge >= 0.3 is 0 Å². The minimum Gasteiger partial charge on any atom is -0.369 e. The van der Waals surface area contributed by atoms with E-state index in [1.54, 1.807) is 6.20 Å². The van der Waals surface area contributed by atoms with Gasteiger partial charge < -0.3 is 5.73 Å². The maximum Gasteiger partial charge on any atom is 0.207 e. The second kappa shape index (κ2) is 4.72. The Bertz CT molecular complexity index is 715. The fourth-order valence-electron chi connectivity index (χ4n) is 2.38. The van der Waals surface area contributed by atoms with Crippen molar-refractivity contribution in [3.63, 3.8) is 0 Å². The zero-order valence-corrected chi connectivity index (χ0v) is 10.9. The number of para-hydroxylation sites is 1. The number of anilines is 1. The number of imidazole rings is 1. The first-order valence-electron chi connectivity index (χ1n) is 6.48. The molecule has 3 rings (SSSR count). The summed E-state index contributed by atoms with van der Waals surface area (Å²) in [6.45, 7) is 2.17. The Labute approximate surface area is 111 Å². The van der Waals surface area contributed by atoms with Crippen LogP contribution in [0.1, 0.15) is 18.9 Å². The van der Waals surface area contributed by atoms with Gasteiger partial charge in [0.15, 0.2) is 5.65 Å². The van der Waals surface area contributed by atoms with Crippen molar-refractivity contribution in [3.05, 3.63) is 48.2 Å². The smallest absolute Gasteiger partial charge is 0.207 e. The van der Waals surface area contributed by atoms with Crippen LogP contribution in [0.25, 0.3) is 16.9 Å². The summed E-state index contributed by atoms with van der Waals surface area (Å²) in [4.78, 5) is 8.77. The van der Waals surface area contributed by atoms with Gasteiger partial charge in [0.05, 0.1) is 5.69 Å². The van der Waals surface area contributed by atoms with Gasteiger partial charge in [0.2, 0.25) is 5.95 Å². The summed E-state index contributed by atoms with van der Waals surface area (Å²) in [5, 5.41) is 0. The topological polar surface area (TPSA) is 56.7 Å². The van der Waals surface area contributed by atoms with Crippen LogP contribution in [0.2, 0.25) is 0 Å². The first kappa shape index (κ1) is 11.7. The average Bonchev–Trinajstić information content (AvgIpc) is 2.76. The molecule has 96 valence electrons. The molecule has 2 aromatic heterocycles. The fraction of sp³-hybridized carbons (Fsp3) is 0.200. The van der Waals surface area contributed by atoms with E-state index in [-0.39, 0.29) is 0 Å². The van der Waals surface area contributed by atoms with Crippen molar-refractivity contribution in [2.75, 3.05) is 5.73 Å². The van der Waals surface area contributed by atoms with E-state index in [9.17, 15) is 0 Å². The molecule has 0 spiro atoms. The SMILES string of the molecule is CCCc1ccccc1-n1c(N)nc2cccnc21. The molecule has 0 bridgehead atoms. The minimum absolute atomic E-state index is 0.484. The number of benzene rings is 1. The molecule has 0 radical (unpaired) electrons. The number of rotatable bonds is 3. The van der Waals surface area contributed by atoms with Gasteiger partial charge in [-0.15, -0.1) is 0 Å². The van der Waals surface area contributed by atoms with E-state index >= 15 is 0 Å². The van der Waals surface area contributed by atoms with Crippen LogP contribution >= 0.6 is 0 Å². The third kappa shape index (κ3) is 1.95. The minimum atomic E-state index is 0.484. The highest BCUT2D eigenvalue weighted by atomic mass is 15.2. The first-order valence-corrected chi connectivity index (χ1v) is 6.48. The quantitative estimate of drug-likeness (QED) is 0.779. The van der Waals surface area contributed by atoms with Gasteiger partial charge in [0.1, 0.15) is 5.52 Å². The Morgan fingerprint density at radius 1 is 1.16 bits per heavy atom. The highest BCUT2D eigenvalue weighted by molar-refractivity contribution is 5.77. The van der Waals surface area contributed by atoms with Crippen molar-refractivity contribution in [1.82, 2.24) is 14.5 Å². The summed E-state index contributed by atoms with van der Waals surface area (Å²) in [6.07, 6.45) is 3.88. The molecular formula is C15H16N4. The number of nitrogens with zero attached hydrogens (tertiary/aromatic N) is 3. The lowest BCUT2D eigenvalue weighted by Crippen LogP contribution is -2.04. The maximum absolute atomic E-state index is 6.06. The predicted molar refractivity (Wildman–Crippen MR) is 77.3 cm³/mol. The van der Waals surface area contributed by atoms with Crippen LogP contribution in [0.4, 0.5) is 5.95 Å². The van der Waals surface area contributed by atoms with Crippen LogP contribution in [-0.2, 0) is 6.42 Å². The Kier molecular flexibility index (Phi) is 2.91. The number of aryl methyl sites for hydroxylation is 1. The molecule has 0 amide bonds. The molecule has 2 N–H and O–H groups in total. The monoisotopic (exact) mass is 252 g/mol. The number of pyridine rings is 1. The van der Waals surface area contributed by atoms with E-state index in [1.165, 1.54) is 5.56 Å². The van der Waals surface area contributed by atoms with E-state index in [2.05, 4.69) is 35.1 Å². The number of fused-ring (bicyclic) bond motifs is 1. The van der Waals surface area contributed by atoms with Crippen molar-refractivity contribution >= 4 is 17.1 Å². The molecule has 0 atom stereocenters. The van der Waals surface area contributed by atoms with Crippen molar-refractivity contribution in [3.8, 4) is 5.69 Å². The molecule has 1 aromatic carbocycles. The standard InChI is InChI=1S/C15H16N4/c1-2-6-11-7-3-4-9-13(11)19-14-12(18-15(19)16)8-5-10-17-14/h3-5,7-10H,2,6H2,1H3,(H2,16,18). The Morgan fingerprint density at radius 3 is 2.84 bits per heavy atom. The van der Waals surface area contributed by atoms with Gasteiger partial charge in [-0.3, -0.25) is 4.57 Å². The van der Waals surface area contributed by atoms with E-state index in [1.807, 2.05) is 22.8 Å². The van der Waals surface area contributed by atoms with Crippen molar-refractivity contribution in [1.29, 1.82) is 0 Å². The number of aromatic nitrogens is 3. The van der Waals surface area contributed by atoms with Crippen LogP contribution in [0.3, 0.4) is 0 Å². The zero-order chi connectivity index (χ0) is 13.2. The van der Waals surface area contributed by atoms with E-state index in [0.717, 1.165) is 29.7 Å². The summed E-state index contributed by atoms with van der Waals surface area (Å²) in [6, 6.07) is 12.1. The van der Waals surface area contributed by atoms with Crippen molar-refractivity contribution in [2.45, 2.75) is 19.8 Å². The second-order valence-electron chi connectivity index (χ2n) is 4.53. The molecule has 0 saturated carbocycles. The van der Waals surface area contributed by atoms with Gasteiger partial charge in [0, 0.05) is 6.20 Å². The normalized spacial score (nSPS) is 11.0. The molecule has 0 aliphatic heterocycles. The van der Waals surface area contributed by atoms with Crippen LogP contribution in [0.5, 0.6) is 0 Å². The van der Waals surface area contributed by atoms with Crippen LogP contribution < -0.4 is 5.73 Å². The molecule has 2 heterocycles. The average molecular weight is 252 g/mol. The number of hydrogen-bond acceptors (Lipinski definition) is 3. The Morgan fingerprint density at radius 2 is 2.00 bits per heavy atom. The number of hydrogen-bond donors (Lipinski definition) is 1. The molecule has 3 aromatic rings. The van der Waals surface area contributed by atoms with Crippen LogP contribution in [0, 0.1) is 0 Å². The highest BCUT2D eigenvalue weighted by Crippen LogP contribution is 2.24. The maximum atomic E-state index is 6.06. The molecule has 0 unspecified atom stereocenters. The number of nitrogens with two attached hydrogens (primary N) is 1. The highest BCUT2D eigenvalue weighted by Gasteiger charge is 2.12. The Balaban J connectivity index is 2.27. The van der Waals surface area contributed by atoms with E-state index in [4.69, 9.17) is 5.73 Å². The van der Waals surface area contributed by atoms with Gasteiger partial charge in [-0.2, -0.15) is 0 Å². The summed E-state index contributed by atoms with van der Waals surface area (Å²) >= 11 is 0. The molecular weight excluding hydrogens is 236 g/mol. The summed E-state index contributed by atoms with van der Waals surface area (Å²) in [7, 11) is 0. The fourth-order valence-corrected chi connectivity index (χ4v) is 2.38. The molecule has 4 heteroatoms. The van der Waals surface area contributed by atoms with Crippen molar-refractivity contribution < 1.29 is 0 Å². The Hall–Kier alpha value is -2.36. The molecule has 0 fully saturated rings. The van der Waals surface area contributed by atoms with Crippen LogP contribution in [-0.4, -0.2) is 14.5 Å². The van der Waals surface area contributed by atoms with Gasteiger partial charge in [0.25, 0.3) is 0 Å². The second-order valence-corrected chi connectivity index (χ2v) is 4.53. The molecule has 19 heavy (non-hydrogen) atoms. The molecule has 0 saturated heterocycles. The zero-order valence-electron chi connectivity index (χ0n) is 10.9. The summed E-state index contributed by atoms with van der Waals surface area (Å²) < 4.78 is 1.93. The summed E-state index contributed by atoms with van der Waals surface area (Å²) in [5.74, 6) is 0.484. The third-order valence-corrected chi connectivity index (χ3v) is 3.19. The summed E-state index contributed by atoms with van der Waals surface area (Å²) in [5.41, 5.74) is 10.0. The van der Waals surface area contributed by atoms with Crippen molar-refractivity contribution in [2.24, 2.45) is 0 Å². The first-order chi connectivity index (χ1) is 9.31. The lowest BCUT2D eigenvalue weighted by Gasteiger charge is -2.11. The molecule has 0 aliphatic rings. The largest absolute Gasteiger partial charge is 0.369 e. The van der Waals surface area contributed by atoms with Crippen LogP contribution in [0.15, 0.2) is 42.6 Å². The van der Waals surface area contributed by atoms with E-state index < -0.39 is 0 Å². The lowest BCUT2D eigenvalue weighted by atomic mass is 10.1. The van der Waals surface area contributed by atoms with Gasteiger partial charge in [-0.1, -0.05) is 31.5 Å².